The molecule has 216 valence electrons. The second-order valence-electron chi connectivity index (χ2n) is 9.14. The fourth-order valence-electron chi connectivity index (χ4n) is 4.38. The summed E-state index contributed by atoms with van der Waals surface area (Å²) in [6, 6.07) is 26.6. The van der Waals surface area contributed by atoms with Gasteiger partial charge in [0.2, 0.25) is 0 Å². The molecule has 0 bridgehead atoms. The van der Waals surface area contributed by atoms with Crippen molar-refractivity contribution in [2.75, 3.05) is 6.61 Å². The van der Waals surface area contributed by atoms with Crippen LogP contribution in [0.2, 0.25) is 0 Å². The van der Waals surface area contributed by atoms with Crippen molar-refractivity contribution >= 4 is 11.7 Å². The number of esters is 1. The van der Waals surface area contributed by atoms with E-state index in [4.69, 9.17) is 15.0 Å². The molecule has 0 unspecified atom stereocenters. The summed E-state index contributed by atoms with van der Waals surface area (Å²) in [5.74, 6) is -0.765. The first-order valence-electron chi connectivity index (χ1n) is 13.0. The van der Waals surface area contributed by atoms with Crippen LogP contribution in [-0.2, 0) is 17.5 Å². The number of pyridine rings is 1. The van der Waals surface area contributed by atoms with Gasteiger partial charge in [-0.2, -0.15) is 18.3 Å². The van der Waals surface area contributed by atoms with Crippen molar-refractivity contribution in [3.63, 3.8) is 0 Å². The number of para-hydroxylation sites is 1. The van der Waals surface area contributed by atoms with Crippen molar-refractivity contribution in [3.05, 3.63) is 124 Å². The van der Waals surface area contributed by atoms with Crippen LogP contribution in [0, 0.1) is 0 Å². The minimum atomic E-state index is -4.89. The molecular weight excluding hydrogens is 561 g/mol. The molecule has 0 amide bonds. The highest BCUT2D eigenvalue weighted by molar-refractivity contribution is 5.90. The van der Waals surface area contributed by atoms with Crippen molar-refractivity contribution < 1.29 is 27.4 Å². The second-order valence-corrected chi connectivity index (χ2v) is 9.14. The van der Waals surface area contributed by atoms with E-state index in [1.165, 1.54) is 13.0 Å². The Bertz CT molecular complexity index is 1800. The van der Waals surface area contributed by atoms with Crippen molar-refractivity contribution in [1.82, 2.24) is 14.8 Å². The van der Waals surface area contributed by atoms with Crippen LogP contribution in [0.25, 0.3) is 38.6 Å². The number of carbonyl (C=O) groups is 1. The lowest BCUT2D eigenvalue weighted by Crippen LogP contribution is -2.19. The number of ether oxygens (including phenoxy) is 2. The van der Waals surface area contributed by atoms with Crippen LogP contribution in [0.15, 0.2) is 102 Å². The molecule has 0 aliphatic heterocycles. The van der Waals surface area contributed by atoms with Crippen LogP contribution < -0.4 is 4.74 Å². The van der Waals surface area contributed by atoms with Crippen LogP contribution >= 0.6 is 0 Å². The van der Waals surface area contributed by atoms with Gasteiger partial charge in [-0.05, 0) is 53.4 Å². The number of halogens is 3. The predicted octanol–water partition coefficient (Wildman–Crippen LogP) is 8.32. The summed E-state index contributed by atoms with van der Waals surface area (Å²) < 4.78 is 53.5. The molecule has 2 aromatic heterocycles. The predicted molar refractivity (Wildman–Crippen MR) is 153 cm³/mol. The number of benzene rings is 3. The lowest BCUT2D eigenvalue weighted by Gasteiger charge is -2.14. The molecule has 0 fully saturated rings. The van der Waals surface area contributed by atoms with Crippen LogP contribution in [0.3, 0.4) is 0 Å². The van der Waals surface area contributed by atoms with E-state index >= 15 is 0 Å². The maximum absolute atomic E-state index is 14.0. The van der Waals surface area contributed by atoms with Gasteiger partial charge >= 0.3 is 12.1 Å². The van der Waals surface area contributed by atoms with Gasteiger partial charge in [-0.3, -0.25) is 0 Å². The zero-order valence-corrected chi connectivity index (χ0v) is 22.7. The summed E-state index contributed by atoms with van der Waals surface area (Å²) in [5, 5.41) is 7.39. The molecular formula is C31H23F3N6O3. The van der Waals surface area contributed by atoms with Crippen molar-refractivity contribution in [2.45, 2.75) is 19.7 Å². The van der Waals surface area contributed by atoms with E-state index in [9.17, 15) is 18.0 Å². The lowest BCUT2D eigenvalue weighted by atomic mass is 10.0. The monoisotopic (exact) mass is 584 g/mol. The Balaban J connectivity index is 1.38. The Hall–Kier alpha value is -5.61. The first-order valence-corrected chi connectivity index (χ1v) is 13.0. The van der Waals surface area contributed by atoms with Gasteiger partial charge in [0.1, 0.15) is 17.9 Å². The lowest BCUT2D eigenvalue weighted by molar-refractivity contribution is -0.143. The Morgan fingerprint density at radius 1 is 0.953 bits per heavy atom. The molecule has 0 radical (unpaired) electrons. The summed E-state index contributed by atoms with van der Waals surface area (Å²) in [7, 11) is 0. The zero-order chi connectivity index (χ0) is 30.4. The van der Waals surface area contributed by atoms with Gasteiger partial charge in [-0.15, -0.1) is 0 Å². The first-order chi connectivity index (χ1) is 20.8. The number of carbonyl (C=O) groups excluding carboxylic acids is 1. The average molecular weight is 585 g/mol. The van der Waals surface area contributed by atoms with Crippen LogP contribution in [0.5, 0.6) is 5.75 Å². The summed E-state index contributed by atoms with van der Waals surface area (Å²) in [6.07, 6.45) is -4.06. The highest BCUT2D eigenvalue weighted by atomic mass is 19.4. The van der Waals surface area contributed by atoms with Gasteiger partial charge in [-0.25, -0.2) is 14.5 Å². The molecule has 12 heteroatoms. The quantitative estimate of drug-likeness (QED) is 0.0748. The molecule has 5 aromatic rings. The second kappa shape index (κ2) is 12.5. The molecule has 0 aliphatic rings. The minimum absolute atomic E-state index is 0.0795. The maximum Gasteiger partial charge on any atom is 0.434 e. The highest BCUT2D eigenvalue weighted by Gasteiger charge is 2.41. The van der Waals surface area contributed by atoms with E-state index in [2.05, 4.69) is 20.1 Å². The van der Waals surface area contributed by atoms with Gasteiger partial charge < -0.3 is 9.47 Å². The van der Waals surface area contributed by atoms with Crippen molar-refractivity contribution in [1.29, 1.82) is 0 Å². The topological polar surface area (TPSA) is 115 Å². The number of nitrogens with zero attached hydrogens (tertiary/aromatic N) is 6. The third-order valence-electron chi connectivity index (χ3n) is 6.36. The van der Waals surface area contributed by atoms with Crippen molar-refractivity contribution in [3.8, 4) is 34.0 Å². The summed E-state index contributed by atoms with van der Waals surface area (Å²) in [5.41, 5.74) is 10.9. The molecule has 0 saturated carbocycles. The highest BCUT2D eigenvalue weighted by Crippen LogP contribution is 2.35. The molecule has 0 atom stereocenters. The number of alkyl halides is 3. The van der Waals surface area contributed by atoms with Gasteiger partial charge in [-0.1, -0.05) is 71.8 Å². The Kier molecular flexibility index (Phi) is 8.40. The Labute approximate surface area is 243 Å². The molecule has 9 nitrogen and oxygen atoms in total. The third kappa shape index (κ3) is 6.50. The molecule has 43 heavy (non-hydrogen) atoms. The SMILES string of the molecule is CCOC(=O)c1cnn(-c2cccc(-c3ccccc3OCc3ccc(-c4ccc(N=[N+]=[N-])cc4)cc3)n2)c1C(F)(F)F. The number of hydrogen-bond acceptors (Lipinski definition) is 6. The number of rotatable bonds is 9. The molecule has 5 rings (SSSR count). The third-order valence-corrected chi connectivity index (χ3v) is 6.36. The Morgan fingerprint density at radius 2 is 1.65 bits per heavy atom. The van der Waals surface area contributed by atoms with E-state index in [-0.39, 0.29) is 19.0 Å². The van der Waals surface area contributed by atoms with Gasteiger partial charge in [0.05, 0.1) is 18.5 Å². The van der Waals surface area contributed by atoms with E-state index in [0.29, 0.717) is 27.4 Å². The Morgan fingerprint density at radius 3 is 2.33 bits per heavy atom. The van der Waals surface area contributed by atoms with E-state index in [1.807, 2.05) is 36.4 Å². The summed E-state index contributed by atoms with van der Waals surface area (Å²) in [6.45, 7) is 1.65. The van der Waals surface area contributed by atoms with Crippen LogP contribution in [0.4, 0.5) is 18.9 Å². The minimum Gasteiger partial charge on any atom is -0.488 e. The van der Waals surface area contributed by atoms with Gasteiger partial charge in [0, 0.05) is 16.2 Å². The number of azide groups is 1. The maximum atomic E-state index is 14.0. The zero-order valence-electron chi connectivity index (χ0n) is 22.7. The van der Waals surface area contributed by atoms with E-state index < -0.39 is 23.4 Å². The standard InChI is InChI=1S/C31H23F3N6O3/c1-2-42-30(41)25-18-36-40(29(25)31(32,33)34)28-9-5-7-26(37-28)24-6-3-4-8-27(24)43-19-20-10-12-21(13-11-20)22-14-16-23(17-15-22)38-39-35/h3-18H,2,19H2,1H3. The normalized spacial score (nSPS) is 11.1. The first kappa shape index (κ1) is 28.9. The summed E-state index contributed by atoms with van der Waals surface area (Å²) >= 11 is 0. The van der Waals surface area contributed by atoms with Crippen LogP contribution in [-0.4, -0.2) is 27.3 Å². The van der Waals surface area contributed by atoms with Gasteiger partial charge in [0.25, 0.3) is 0 Å². The fraction of sp³-hybridized carbons (Fsp3) is 0.129. The van der Waals surface area contributed by atoms with Gasteiger partial charge in [0.15, 0.2) is 11.5 Å². The largest absolute Gasteiger partial charge is 0.488 e. The molecule has 3 aromatic carbocycles. The molecule has 0 aliphatic carbocycles. The van der Waals surface area contributed by atoms with E-state index in [1.54, 1.807) is 48.5 Å². The smallest absolute Gasteiger partial charge is 0.434 e. The van der Waals surface area contributed by atoms with E-state index in [0.717, 1.165) is 22.9 Å². The van der Waals surface area contributed by atoms with Crippen LogP contribution in [0.1, 0.15) is 28.5 Å². The molecule has 0 saturated heterocycles. The number of aromatic nitrogens is 3. The average Bonchev–Trinajstić information content (AvgIpc) is 3.48. The summed E-state index contributed by atoms with van der Waals surface area (Å²) in [4.78, 5) is 19.4. The number of hydrogen-bond donors (Lipinski definition) is 0. The molecule has 0 spiro atoms. The fourth-order valence-corrected chi connectivity index (χ4v) is 4.38. The molecule has 0 N–H and O–H groups in total. The van der Waals surface area contributed by atoms with Crippen molar-refractivity contribution in [2.24, 2.45) is 5.11 Å². The molecule has 2 heterocycles.